The lowest BCUT2D eigenvalue weighted by molar-refractivity contribution is -0.117. The highest BCUT2D eigenvalue weighted by atomic mass is 16.1. The smallest absolute Gasteiger partial charge is 0.129 e. The van der Waals surface area contributed by atoms with Gasteiger partial charge in [-0.1, -0.05) is 38.9 Å². The summed E-state index contributed by atoms with van der Waals surface area (Å²) < 4.78 is 35.8. The van der Waals surface area contributed by atoms with Crippen molar-refractivity contribution in [3.63, 3.8) is 0 Å². The molecule has 0 bridgehead atoms. The average molecular weight is 161 g/mol. The fourth-order valence-electron chi connectivity index (χ4n) is 0.941. The van der Waals surface area contributed by atoms with E-state index in [4.69, 9.17) is 6.85 Å². The Balaban J connectivity index is 3.63. The summed E-state index contributed by atoms with van der Waals surface area (Å²) in [6.07, 6.45) is 1.54. The molecular formula is C10H20O. The number of ketones is 1. The first-order valence-electron chi connectivity index (χ1n) is 6.66. The monoisotopic (exact) mass is 161 g/mol. The molecule has 0 unspecified atom stereocenters. The zero-order chi connectivity index (χ0) is 12.8. The molecule has 0 atom stereocenters. The highest BCUT2D eigenvalue weighted by Gasteiger charge is 1.92. The van der Waals surface area contributed by atoms with Crippen LogP contribution in [-0.4, -0.2) is 5.78 Å². The van der Waals surface area contributed by atoms with Crippen LogP contribution in [0.3, 0.4) is 0 Å². The Kier molecular flexibility index (Phi) is 3.28. The Bertz CT molecular complexity index is 222. The third kappa shape index (κ3) is 9.67. The molecule has 0 N–H and O–H groups in total. The van der Waals surface area contributed by atoms with Crippen molar-refractivity contribution in [2.45, 2.75) is 58.7 Å². The van der Waals surface area contributed by atoms with Crippen molar-refractivity contribution in [1.82, 2.24) is 0 Å². The molecule has 0 aromatic rings. The van der Waals surface area contributed by atoms with Crippen LogP contribution in [0.4, 0.5) is 0 Å². The van der Waals surface area contributed by atoms with E-state index >= 15 is 0 Å². The van der Waals surface area contributed by atoms with Gasteiger partial charge in [0, 0.05) is 13.3 Å². The van der Waals surface area contributed by atoms with Crippen LogP contribution in [0.25, 0.3) is 0 Å². The lowest BCUT2D eigenvalue weighted by Gasteiger charge is -1.97. The average Bonchev–Trinajstić information content (AvgIpc) is 2.08. The Morgan fingerprint density at radius 1 is 1.27 bits per heavy atom. The molecule has 0 aliphatic carbocycles. The first kappa shape index (κ1) is 4.64. The normalized spacial score (nSPS) is 19.2. The second kappa shape index (κ2) is 7.77. The van der Waals surface area contributed by atoms with E-state index in [1.807, 2.05) is 0 Å². The molecule has 0 saturated carbocycles. The van der Waals surface area contributed by atoms with Gasteiger partial charge in [-0.2, -0.15) is 0 Å². The Labute approximate surface area is 77.2 Å². The van der Waals surface area contributed by atoms with E-state index in [0.717, 1.165) is 19.3 Å². The molecule has 0 rings (SSSR count). The second-order valence-corrected chi connectivity index (χ2v) is 2.79. The lowest BCUT2D eigenvalue weighted by Crippen LogP contribution is -1.88. The summed E-state index contributed by atoms with van der Waals surface area (Å²) in [5.41, 5.74) is 0. The maximum atomic E-state index is 10.6. The molecule has 11 heavy (non-hydrogen) atoms. The summed E-state index contributed by atoms with van der Waals surface area (Å²) in [6.45, 7) is -0.986. The molecule has 0 fully saturated rings. The van der Waals surface area contributed by atoms with Crippen LogP contribution in [-0.2, 0) is 4.79 Å². The Hall–Kier alpha value is -0.330. The predicted molar refractivity (Wildman–Crippen MR) is 48.7 cm³/mol. The summed E-state index contributed by atoms with van der Waals surface area (Å²) in [6, 6.07) is 0. The van der Waals surface area contributed by atoms with Crippen LogP contribution >= 0.6 is 0 Å². The molecule has 0 spiro atoms. The number of hydrogen-bond acceptors (Lipinski definition) is 1. The first-order valence-corrected chi connectivity index (χ1v) is 4.16. The van der Waals surface area contributed by atoms with Crippen molar-refractivity contribution < 1.29 is 11.6 Å². The van der Waals surface area contributed by atoms with E-state index in [1.54, 1.807) is 6.92 Å². The maximum absolute atomic E-state index is 10.6. The Morgan fingerprint density at radius 2 is 1.91 bits per heavy atom. The minimum absolute atomic E-state index is 0.0591. The molecular weight excluding hydrogens is 136 g/mol. The van der Waals surface area contributed by atoms with Gasteiger partial charge in [0.2, 0.25) is 0 Å². The number of rotatable bonds is 7. The molecule has 0 aliphatic rings. The van der Waals surface area contributed by atoms with E-state index in [-0.39, 0.29) is 12.2 Å². The fourth-order valence-corrected chi connectivity index (χ4v) is 0.941. The van der Waals surface area contributed by atoms with Crippen LogP contribution in [0.15, 0.2) is 0 Å². The van der Waals surface area contributed by atoms with Crippen molar-refractivity contribution >= 4 is 5.78 Å². The van der Waals surface area contributed by atoms with Gasteiger partial charge < -0.3 is 4.79 Å². The van der Waals surface area contributed by atoms with Gasteiger partial charge in [0.1, 0.15) is 5.78 Å². The fraction of sp³-hybridized carbons (Fsp3) is 0.900. The van der Waals surface area contributed by atoms with Gasteiger partial charge in [0.25, 0.3) is 0 Å². The van der Waals surface area contributed by atoms with Crippen LogP contribution < -0.4 is 0 Å². The zero-order valence-corrected chi connectivity index (χ0v) is 7.15. The van der Waals surface area contributed by atoms with E-state index in [1.165, 1.54) is 0 Å². The number of carbonyl (C=O) groups is 1. The molecule has 1 nitrogen and oxygen atoms in total. The number of carbonyl (C=O) groups excluding carboxylic acids is 1. The van der Waals surface area contributed by atoms with E-state index in [0.29, 0.717) is 12.8 Å². The molecule has 0 amide bonds. The topological polar surface area (TPSA) is 17.1 Å². The highest BCUT2D eigenvalue weighted by molar-refractivity contribution is 5.75. The standard InChI is InChI=1S/C10H20O/c1-3-4-5-6-7-8-9-10(2)11/h3-9H2,1-2H3/i1D3,3D2. The summed E-state index contributed by atoms with van der Waals surface area (Å²) in [7, 11) is 0. The maximum Gasteiger partial charge on any atom is 0.129 e. The predicted octanol–water partition coefficient (Wildman–Crippen LogP) is 3.33. The molecule has 0 saturated heterocycles. The minimum atomic E-state index is -2.54. The molecule has 0 aromatic heterocycles. The first-order chi connectivity index (χ1) is 7.17. The molecule has 0 heterocycles. The second-order valence-electron chi connectivity index (χ2n) is 2.79. The van der Waals surface area contributed by atoms with Crippen LogP contribution in [0.2, 0.25) is 0 Å². The minimum Gasteiger partial charge on any atom is -0.300 e. The van der Waals surface area contributed by atoms with Crippen molar-refractivity contribution in [2.24, 2.45) is 0 Å². The van der Waals surface area contributed by atoms with Crippen LogP contribution in [0, 0.1) is 0 Å². The molecule has 66 valence electrons. The summed E-state index contributed by atoms with van der Waals surface area (Å²) >= 11 is 0. The summed E-state index contributed by atoms with van der Waals surface area (Å²) in [5.74, 6) is 0.165. The van der Waals surface area contributed by atoms with E-state index in [9.17, 15) is 4.79 Å². The quantitative estimate of drug-likeness (QED) is 0.523. The van der Waals surface area contributed by atoms with Gasteiger partial charge in [-0.3, -0.25) is 0 Å². The highest BCUT2D eigenvalue weighted by Crippen LogP contribution is 2.06. The van der Waals surface area contributed by atoms with Gasteiger partial charge in [-0.15, -0.1) is 0 Å². The third-order valence-corrected chi connectivity index (χ3v) is 1.58. The van der Waals surface area contributed by atoms with E-state index < -0.39 is 13.2 Å². The van der Waals surface area contributed by atoms with Gasteiger partial charge in [0.05, 0.1) is 0 Å². The van der Waals surface area contributed by atoms with Crippen LogP contribution in [0.1, 0.15) is 65.5 Å². The van der Waals surface area contributed by atoms with Gasteiger partial charge in [-0.25, -0.2) is 0 Å². The molecule has 0 aliphatic heterocycles. The third-order valence-electron chi connectivity index (χ3n) is 1.58. The van der Waals surface area contributed by atoms with Gasteiger partial charge in [0.15, 0.2) is 0 Å². The summed E-state index contributed by atoms with van der Waals surface area (Å²) in [4.78, 5) is 10.6. The molecule has 0 radical (unpaired) electrons. The van der Waals surface area contributed by atoms with Crippen molar-refractivity contribution in [1.29, 1.82) is 0 Å². The van der Waals surface area contributed by atoms with E-state index in [2.05, 4.69) is 0 Å². The van der Waals surface area contributed by atoms with Gasteiger partial charge >= 0.3 is 0 Å². The molecule has 0 aromatic carbocycles. The Morgan fingerprint density at radius 3 is 2.55 bits per heavy atom. The van der Waals surface area contributed by atoms with Gasteiger partial charge in [-0.05, 0) is 13.3 Å². The molecule has 1 heteroatoms. The summed E-state index contributed by atoms with van der Waals surface area (Å²) in [5, 5.41) is 0. The lowest BCUT2D eigenvalue weighted by atomic mass is 10.1. The number of Topliss-reactive ketones (excluding diaryl/α,β-unsaturated/α-hetero) is 1. The largest absolute Gasteiger partial charge is 0.300 e. The zero-order valence-electron chi connectivity index (χ0n) is 12.2. The van der Waals surface area contributed by atoms with Crippen molar-refractivity contribution in [3.05, 3.63) is 0 Å². The van der Waals surface area contributed by atoms with Crippen molar-refractivity contribution in [3.8, 4) is 0 Å². The number of hydrogen-bond donors (Lipinski definition) is 0. The SMILES string of the molecule is [2H]C([2H])([2H])C([2H])([2H])CCCCCCC(C)=O. The number of unbranched alkanes of at least 4 members (excludes halogenated alkanes) is 3. The van der Waals surface area contributed by atoms with Crippen molar-refractivity contribution in [2.75, 3.05) is 0 Å². The van der Waals surface area contributed by atoms with Crippen LogP contribution in [0.5, 0.6) is 0 Å².